The van der Waals surface area contributed by atoms with Crippen LogP contribution in [0.1, 0.15) is 46.0 Å². The van der Waals surface area contributed by atoms with Crippen LogP contribution in [0.4, 0.5) is 0 Å². The molecule has 0 aliphatic carbocycles. The number of nitrogens with one attached hydrogen (secondary N) is 1. The van der Waals surface area contributed by atoms with Crippen molar-refractivity contribution >= 4 is 12.6 Å². The molecule has 0 saturated carbocycles. The first-order valence-corrected chi connectivity index (χ1v) is 5.82. The molecule has 0 bridgehead atoms. The minimum absolute atomic E-state index is 0.726. The SMILES string of the molecule is CCCCNC(CC)CCCS. The Labute approximate surface area is 82.7 Å². The van der Waals surface area contributed by atoms with E-state index < -0.39 is 0 Å². The van der Waals surface area contributed by atoms with E-state index in [-0.39, 0.29) is 0 Å². The van der Waals surface area contributed by atoms with Gasteiger partial charge in [0.1, 0.15) is 0 Å². The maximum atomic E-state index is 4.22. The standard InChI is InChI=1S/C10H23NS/c1-3-5-8-11-10(4-2)7-6-9-12/h10-12H,3-9H2,1-2H3. The van der Waals surface area contributed by atoms with Gasteiger partial charge in [-0.15, -0.1) is 0 Å². The zero-order valence-corrected chi connectivity index (χ0v) is 9.37. The van der Waals surface area contributed by atoms with Crippen LogP contribution >= 0.6 is 12.6 Å². The number of unbranched alkanes of at least 4 members (excludes halogenated alkanes) is 1. The largest absolute Gasteiger partial charge is 0.314 e. The molecule has 1 N–H and O–H groups in total. The molecule has 1 unspecified atom stereocenters. The van der Waals surface area contributed by atoms with E-state index >= 15 is 0 Å². The fraction of sp³-hybridized carbons (Fsp3) is 1.00. The van der Waals surface area contributed by atoms with E-state index in [9.17, 15) is 0 Å². The molecule has 12 heavy (non-hydrogen) atoms. The summed E-state index contributed by atoms with van der Waals surface area (Å²) >= 11 is 4.22. The molecule has 0 saturated heterocycles. The summed E-state index contributed by atoms with van der Waals surface area (Å²) < 4.78 is 0. The Kier molecular flexibility index (Phi) is 9.64. The highest BCUT2D eigenvalue weighted by Gasteiger charge is 2.02. The second kappa shape index (κ2) is 9.40. The van der Waals surface area contributed by atoms with Crippen LogP contribution in [0.2, 0.25) is 0 Å². The molecule has 74 valence electrons. The Morgan fingerprint density at radius 3 is 2.50 bits per heavy atom. The molecule has 0 aliphatic rings. The third-order valence-corrected chi connectivity index (χ3v) is 2.48. The number of thiol groups is 1. The van der Waals surface area contributed by atoms with E-state index in [0.717, 1.165) is 11.8 Å². The highest BCUT2D eigenvalue weighted by Crippen LogP contribution is 2.02. The minimum Gasteiger partial charge on any atom is -0.314 e. The van der Waals surface area contributed by atoms with Gasteiger partial charge in [-0.2, -0.15) is 12.6 Å². The highest BCUT2D eigenvalue weighted by molar-refractivity contribution is 7.80. The molecule has 0 aromatic carbocycles. The Morgan fingerprint density at radius 1 is 1.25 bits per heavy atom. The second-order valence-corrected chi connectivity index (χ2v) is 3.73. The average Bonchev–Trinajstić information content (AvgIpc) is 2.11. The van der Waals surface area contributed by atoms with Crippen molar-refractivity contribution in [2.24, 2.45) is 0 Å². The van der Waals surface area contributed by atoms with Crippen molar-refractivity contribution in [1.82, 2.24) is 5.32 Å². The van der Waals surface area contributed by atoms with Gasteiger partial charge < -0.3 is 5.32 Å². The van der Waals surface area contributed by atoms with Gasteiger partial charge in [0.05, 0.1) is 0 Å². The summed E-state index contributed by atoms with van der Waals surface area (Å²) in [6.07, 6.45) is 6.36. The van der Waals surface area contributed by atoms with Gasteiger partial charge in [0, 0.05) is 6.04 Å². The third-order valence-electron chi connectivity index (χ3n) is 2.17. The Bertz CT molecular complexity index is 85.9. The van der Waals surface area contributed by atoms with Gasteiger partial charge in [-0.1, -0.05) is 20.3 Å². The van der Waals surface area contributed by atoms with Crippen molar-refractivity contribution in [3.05, 3.63) is 0 Å². The maximum Gasteiger partial charge on any atom is 0.00647 e. The van der Waals surface area contributed by atoms with Crippen LogP contribution in [-0.4, -0.2) is 18.3 Å². The summed E-state index contributed by atoms with van der Waals surface area (Å²) in [5.74, 6) is 1.02. The lowest BCUT2D eigenvalue weighted by molar-refractivity contribution is 0.459. The van der Waals surface area contributed by atoms with E-state index in [4.69, 9.17) is 0 Å². The van der Waals surface area contributed by atoms with Crippen LogP contribution in [0, 0.1) is 0 Å². The van der Waals surface area contributed by atoms with Crippen LogP contribution < -0.4 is 5.32 Å². The lowest BCUT2D eigenvalue weighted by Crippen LogP contribution is -2.29. The van der Waals surface area contributed by atoms with Gasteiger partial charge in [-0.05, 0) is 38.0 Å². The molecular weight excluding hydrogens is 166 g/mol. The molecule has 1 atom stereocenters. The molecule has 0 heterocycles. The molecule has 2 heteroatoms. The summed E-state index contributed by atoms with van der Waals surface area (Å²) in [5.41, 5.74) is 0. The molecule has 0 spiro atoms. The Hall–Kier alpha value is 0.310. The van der Waals surface area contributed by atoms with E-state index in [1.807, 2.05) is 0 Å². The molecule has 0 aromatic heterocycles. The predicted octanol–water partition coefficient (Wildman–Crippen LogP) is 2.86. The average molecular weight is 189 g/mol. The molecule has 1 nitrogen and oxygen atoms in total. The Balaban J connectivity index is 3.26. The second-order valence-electron chi connectivity index (χ2n) is 3.28. The first kappa shape index (κ1) is 12.3. The third kappa shape index (κ3) is 6.99. The van der Waals surface area contributed by atoms with Crippen LogP contribution in [0.3, 0.4) is 0 Å². The van der Waals surface area contributed by atoms with Crippen molar-refractivity contribution in [2.45, 2.75) is 52.0 Å². The minimum atomic E-state index is 0.726. The van der Waals surface area contributed by atoms with Crippen molar-refractivity contribution in [1.29, 1.82) is 0 Å². The quantitative estimate of drug-likeness (QED) is 0.442. The van der Waals surface area contributed by atoms with E-state index in [0.29, 0.717) is 0 Å². The van der Waals surface area contributed by atoms with Gasteiger partial charge >= 0.3 is 0 Å². The zero-order valence-electron chi connectivity index (χ0n) is 8.47. The molecular formula is C10H23NS. The van der Waals surface area contributed by atoms with Crippen molar-refractivity contribution in [3.63, 3.8) is 0 Å². The van der Waals surface area contributed by atoms with Crippen LogP contribution in [-0.2, 0) is 0 Å². The van der Waals surface area contributed by atoms with Crippen molar-refractivity contribution in [2.75, 3.05) is 12.3 Å². The summed E-state index contributed by atoms with van der Waals surface area (Å²) in [6.45, 7) is 5.67. The van der Waals surface area contributed by atoms with Crippen molar-refractivity contribution in [3.8, 4) is 0 Å². The van der Waals surface area contributed by atoms with E-state index in [1.165, 1.54) is 38.6 Å². The topological polar surface area (TPSA) is 12.0 Å². The Morgan fingerprint density at radius 2 is 2.00 bits per heavy atom. The van der Waals surface area contributed by atoms with Gasteiger partial charge in [-0.25, -0.2) is 0 Å². The van der Waals surface area contributed by atoms with Crippen molar-refractivity contribution < 1.29 is 0 Å². The summed E-state index contributed by atoms with van der Waals surface area (Å²) in [4.78, 5) is 0. The first-order chi connectivity index (χ1) is 5.85. The lowest BCUT2D eigenvalue weighted by Gasteiger charge is -2.15. The van der Waals surface area contributed by atoms with Gasteiger partial charge in [0.25, 0.3) is 0 Å². The summed E-state index contributed by atoms with van der Waals surface area (Å²) in [5, 5.41) is 3.57. The van der Waals surface area contributed by atoms with Gasteiger partial charge in [0.2, 0.25) is 0 Å². The van der Waals surface area contributed by atoms with Gasteiger partial charge in [-0.3, -0.25) is 0 Å². The normalized spacial score (nSPS) is 13.2. The fourth-order valence-corrected chi connectivity index (χ4v) is 1.45. The molecule has 0 aromatic rings. The predicted molar refractivity (Wildman–Crippen MR) is 60.1 cm³/mol. The van der Waals surface area contributed by atoms with Crippen LogP contribution in [0.15, 0.2) is 0 Å². The lowest BCUT2D eigenvalue weighted by atomic mass is 10.1. The van der Waals surface area contributed by atoms with E-state index in [2.05, 4.69) is 31.8 Å². The number of hydrogen-bond acceptors (Lipinski definition) is 2. The van der Waals surface area contributed by atoms with Crippen LogP contribution in [0.5, 0.6) is 0 Å². The highest BCUT2D eigenvalue weighted by atomic mass is 32.1. The summed E-state index contributed by atoms with van der Waals surface area (Å²) in [6, 6.07) is 0.726. The number of hydrogen-bond donors (Lipinski definition) is 2. The molecule has 0 aliphatic heterocycles. The number of rotatable bonds is 8. The fourth-order valence-electron chi connectivity index (χ4n) is 1.27. The monoisotopic (exact) mass is 189 g/mol. The zero-order chi connectivity index (χ0) is 9.23. The van der Waals surface area contributed by atoms with E-state index in [1.54, 1.807) is 0 Å². The molecule has 0 radical (unpaired) electrons. The maximum absolute atomic E-state index is 4.22. The first-order valence-electron chi connectivity index (χ1n) is 5.19. The van der Waals surface area contributed by atoms with Crippen LogP contribution in [0.25, 0.3) is 0 Å². The summed E-state index contributed by atoms with van der Waals surface area (Å²) in [7, 11) is 0. The smallest absolute Gasteiger partial charge is 0.00647 e. The molecule has 0 rings (SSSR count). The van der Waals surface area contributed by atoms with Gasteiger partial charge in [0.15, 0.2) is 0 Å². The molecule has 0 fully saturated rings. The molecule has 0 amide bonds.